The van der Waals surface area contributed by atoms with E-state index >= 15 is 0 Å². The van der Waals surface area contributed by atoms with Crippen LogP contribution in [0.25, 0.3) is 27.7 Å². The summed E-state index contributed by atoms with van der Waals surface area (Å²) in [4.78, 5) is 24.4. The highest BCUT2D eigenvalue weighted by molar-refractivity contribution is 6.12. The molecule has 1 aliphatic heterocycles. The van der Waals surface area contributed by atoms with E-state index in [0.29, 0.717) is 23.5 Å². The number of Topliss-reactive ketones (excluding diaryl/α,β-unsaturated/α-hetero) is 1. The zero-order valence-corrected chi connectivity index (χ0v) is 20.4. The van der Waals surface area contributed by atoms with Crippen molar-refractivity contribution in [2.24, 2.45) is 5.41 Å². The number of nitrogens with zero attached hydrogens (tertiary/aromatic N) is 1. The second-order valence-corrected chi connectivity index (χ2v) is 10.6. The average Bonchev–Trinajstić information content (AvgIpc) is 3.32. The molecule has 0 radical (unpaired) electrons. The molecule has 4 aromatic rings. The molecule has 1 aromatic heterocycles. The van der Waals surface area contributed by atoms with E-state index in [0.717, 1.165) is 45.2 Å². The first-order valence-corrected chi connectivity index (χ1v) is 12.1. The molecule has 1 aliphatic carbocycles. The van der Waals surface area contributed by atoms with Gasteiger partial charge in [-0.3, -0.25) is 14.9 Å². The number of anilines is 1. The van der Waals surface area contributed by atoms with Crippen LogP contribution in [-0.4, -0.2) is 10.7 Å². The third-order valence-corrected chi connectivity index (χ3v) is 7.33. The van der Waals surface area contributed by atoms with Crippen molar-refractivity contribution in [3.8, 4) is 11.3 Å². The Morgan fingerprint density at radius 3 is 2.61 bits per heavy atom. The summed E-state index contributed by atoms with van der Waals surface area (Å²) in [5.74, 6) is 1.40. The van der Waals surface area contributed by atoms with Crippen LogP contribution in [0.2, 0.25) is 0 Å². The molecule has 1 atom stereocenters. The Morgan fingerprint density at radius 2 is 1.83 bits per heavy atom. The first kappa shape index (κ1) is 22.3. The largest absolute Gasteiger partial charge is 0.459 e. The Bertz CT molecular complexity index is 1610. The number of nitro groups is 1. The summed E-state index contributed by atoms with van der Waals surface area (Å²) < 4.78 is 6.30. The van der Waals surface area contributed by atoms with Gasteiger partial charge in [0.05, 0.1) is 4.92 Å². The van der Waals surface area contributed by atoms with E-state index < -0.39 is 6.04 Å². The van der Waals surface area contributed by atoms with Gasteiger partial charge in [0, 0.05) is 40.4 Å². The molecular weight excluding hydrogens is 452 g/mol. The lowest BCUT2D eigenvalue weighted by atomic mass is 9.68. The van der Waals surface area contributed by atoms with Crippen molar-refractivity contribution in [2.45, 2.75) is 39.7 Å². The fraction of sp³-hybridized carbons (Fsp3) is 0.233. The molecule has 36 heavy (non-hydrogen) atoms. The van der Waals surface area contributed by atoms with Crippen LogP contribution in [0.1, 0.15) is 49.6 Å². The van der Waals surface area contributed by atoms with Gasteiger partial charge >= 0.3 is 0 Å². The number of hydrogen-bond donors (Lipinski definition) is 1. The fourth-order valence-corrected chi connectivity index (χ4v) is 5.73. The molecular formula is C30H26N2O4. The van der Waals surface area contributed by atoms with E-state index in [4.69, 9.17) is 4.42 Å². The monoisotopic (exact) mass is 478 g/mol. The number of benzene rings is 3. The smallest absolute Gasteiger partial charge is 0.272 e. The molecule has 6 heteroatoms. The van der Waals surface area contributed by atoms with Crippen LogP contribution < -0.4 is 5.32 Å². The minimum atomic E-state index is -0.398. The minimum Gasteiger partial charge on any atom is -0.459 e. The predicted molar refractivity (Wildman–Crippen MR) is 141 cm³/mol. The van der Waals surface area contributed by atoms with Crippen molar-refractivity contribution in [3.63, 3.8) is 0 Å². The fourth-order valence-electron chi connectivity index (χ4n) is 5.73. The molecule has 1 unspecified atom stereocenters. The summed E-state index contributed by atoms with van der Waals surface area (Å²) >= 11 is 0. The van der Waals surface area contributed by atoms with Crippen LogP contribution in [0.15, 0.2) is 76.7 Å². The number of carbonyl (C=O) groups is 1. The minimum absolute atomic E-state index is 0.0773. The molecule has 0 spiro atoms. The van der Waals surface area contributed by atoms with Crippen molar-refractivity contribution in [2.75, 3.05) is 5.32 Å². The lowest BCUT2D eigenvalue weighted by molar-refractivity contribution is -0.385. The van der Waals surface area contributed by atoms with Gasteiger partial charge in [-0.2, -0.15) is 0 Å². The second kappa shape index (κ2) is 7.92. The summed E-state index contributed by atoms with van der Waals surface area (Å²) in [5.41, 5.74) is 5.25. The third kappa shape index (κ3) is 3.52. The zero-order valence-electron chi connectivity index (χ0n) is 20.4. The summed E-state index contributed by atoms with van der Waals surface area (Å²) in [6.45, 7) is 6.02. The number of furan rings is 1. The molecule has 3 aromatic carbocycles. The van der Waals surface area contributed by atoms with Gasteiger partial charge in [0.1, 0.15) is 17.6 Å². The summed E-state index contributed by atoms with van der Waals surface area (Å²) in [5, 5.41) is 17.1. The maximum atomic E-state index is 13.6. The quantitative estimate of drug-likeness (QED) is 0.242. The van der Waals surface area contributed by atoms with Crippen LogP contribution in [-0.2, 0) is 4.79 Å². The highest BCUT2D eigenvalue weighted by Gasteiger charge is 2.41. The van der Waals surface area contributed by atoms with E-state index in [9.17, 15) is 14.9 Å². The van der Waals surface area contributed by atoms with E-state index in [1.807, 2.05) is 24.3 Å². The first-order chi connectivity index (χ1) is 17.2. The Hall–Kier alpha value is -4.19. The molecule has 0 saturated carbocycles. The van der Waals surface area contributed by atoms with Gasteiger partial charge in [0.15, 0.2) is 5.78 Å². The van der Waals surface area contributed by atoms with Gasteiger partial charge in [0.25, 0.3) is 5.69 Å². The van der Waals surface area contributed by atoms with Gasteiger partial charge in [-0.05, 0) is 65.4 Å². The molecule has 2 heterocycles. The summed E-state index contributed by atoms with van der Waals surface area (Å²) in [7, 11) is 0. The third-order valence-electron chi connectivity index (χ3n) is 7.33. The molecule has 2 aliphatic rings. The number of nitrogens with one attached hydrogen (secondary N) is 1. The Morgan fingerprint density at radius 1 is 1.03 bits per heavy atom. The lowest BCUT2D eigenvalue weighted by Gasteiger charge is -2.39. The Balaban J connectivity index is 1.48. The summed E-state index contributed by atoms with van der Waals surface area (Å²) in [6.07, 6.45) is 1.29. The van der Waals surface area contributed by atoms with Gasteiger partial charge in [-0.15, -0.1) is 0 Å². The number of aryl methyl sites for hydroxylation is 1. The summed E-state index contributed by atoms with van der Waals surface area (Å²) in [6, 6.07) is 20.8. The van der Waals surface area contributed by atoms with E-state index in [-0.39, 0.29) is 21.8 Å². The number of ketones is 1. The van der Waals surface area contributed by atoms with Crippen LogP contribution in [0.5, 0.6) is 0 Å². The first-order valence-electron chi connectivity index (χ1n) is 12.1. The van der Waals surface area contributed by atoms with E-state index in [2.05, 4.69) is 43.4 Å². The van der Waals surface area contributed by atoms with E-state index in [1.54, 1.807) is 19.1 Å². The molecule has 0 saturated heterocycles. The maximum absolute atomic E-state index is 13.6. The number of fused-ring (bicyclic) bond motifs is 4. The number of nitro benzene ring substituents is 1. The van der Waals surface area contributed by atoms with Crippen LogP contribution in [0.3, 0.4) is 0 Å². The zero-order chi connectivity index (χ0) is 25.2. The van der Waals surface area contributed by atoms with Gasteiger partial charge in [-0.1, -0.05) is 44.2 Å². The van der Waals surface area contributed by atoms with Crippen LogP contribution in [0.4, 0.5) is 11.4 Å². The van der Waals surface area contributed by atoms with Crippen molar-refractivity contribution in [1.82, 2.24) is 0 Å². The van der Waals surface area contributed by atoms with Crippen molar-refractivity contribution in [1.29, 1.82) is 0 Å². The topological polar surface area (TPSA) is 85.4 Å². The highest BCUT2D eigenvalue weighted by atomic mass is 16.6. The molecule has 0 bridgehead atoms. The number of hydrogen-bond acceptors (Lipinski definition) is 5. The number of carbonyl (C=O) groups excluding carboxylic acids is 1. The standard InChI is InChI=1S/C30H26N2O4/c1-17-14-19(9-11-23(17)32(34)35)25-12-13-26(36-25)29-28-21(15-30(2,3)16-24(28)33)27-20-7-5-4-6-18(20)8-10-22(27)31-29/h4-14,29,31H,15-16H2,1-3H3. The van der Waals surface area contributed by atoms with Gasteiger partial charge < -0.3 is 9.73 Å². The van der Waals surface area contributed by atoms with E-state index in [1.165, 1.54) is 6.07 Å². The van der Waals surface area contributed by atoms with Crippen molar-refractivity contribution < 1.29 is 14.1 Å². The lowest BCUT2D eigenvalue weighted by Crippen LogP contribution is -2.33. The van der Waals surface area contributed by atoms with Gasteiger partial charge in [0.2, 0.25) is 0 Å². The average molecular weight is 479 g/mol. The SMILES string of the molecule is Cc1cc(-c2ccc(C3Nc4ccc5ccccc5c4C4=C3C(=O)CC(C)(C)C4)o2)ccc1[N+](=O)[O-]. The van der Waals surface area contributed by atoms with Crippen LogP contribution in [0, 0.1) is 22.5 Å². The van der Waals surface area contributed by atoms with Crippen molar-refractivity contribution >= 4 is 33.5 Å². The van der Waals surface area contributed by atoms with Crippen LogP contribution >= 0.6 is 0 Å². The van der Waals surface area contributed by atoms with Gasteiger partial charge in [-0.25, -0.2) is 0 Å². The molecule has 180 valence electrons. The Labute approximate surface area is 208 Å². The molecule has 0 fully saturated rings. The predicted octanol–water partition coefficient (Wildman–Crippen LogP) is 7.63. The van der Waals surface area contributed by atoms with Crippen molar-refractivity contribution in [3.05, 3.63) is 99.3 Å². The molecule has 6 rings (SSSR count). The number of rotatable bonds is 3. The maximum Gasteiger partial charge on any atom is 0.272 e. The Kier molecular flexibility index (Phi) is 4.90. The molecule has 6 nitrogen and oxygen atoms in total. The highest BCUT2D eigenvalue weighted by Crippen LogP contribution is 2.52. The molecule has 1 N–H and O–H groups in total. The normalized spacial score (nSPS) is 18.5. The number of allylic oxidation sites excluding steroid dienone is 1. The second-order valence-electron chi connectivity index (χ2n) is 10.6. The molecule has 0 amide bonds.